The molecular weight excluding hydrogens is 391 g/mol. The minimum absolute atomic E-state index is 0.102. The lowest BCUT2D eigenvalue weighted by Gasteiger charge is -2.11. The van der Waals surface area contributed by atoms with Crippen LogP contribution in [-0.2, 0) is 27.0 Å². The predicted octanol–water partition coefficient (Wildman–Crippen LogP) is 3.25. The van der Waals surface area contributed by atoms with Crippen LogP contribution >= 0.6 is 0 Å². The molecule has 152 valence electrons. The van der Waals surface area contributed by atoms with Gasteiger partial charge in [-0.3, -0.25) is 9.59 Å². The molecule has 1 heterocycles. The third-order valence-electron chi connectivity index (χ3n) is 3.93. The van der Waals surface area contributed by atoms with E-state index in [1.807, 2.05) is 0 Å². The number of rotatable bonds is 6. The van der Waals surface area contributed by atoms with E-state index >= 15 is 0 Å². The second-order valence-corrected chi connectivity index (χ2v) is 5.95. The van der Waals surface area contributed by atoms with Crippen molar-refractivity contribution in [1.29, 1.82) is 0 Å². The third-order valence-corrected chi connectivity index (χ3v) is 3.93. The van der Waals surface area contributed by atoms with Gasteiger partial charge in [-0.15, -0.1) is 0 Å². The SMILES string of the molecule is COc1ccc(NC(=O)COC(=O)Cn2c(C(F)(F)F)nc3ccccc32)cc1. The van der Waals surface area contributed by atoms with Gasteiger partial charge in [0, 0.05) is 5.69 Å². The second-order valence-electron chi connectivity index (χ2n) is 5.95. The van der Waals surface area contributed by atoms with Crippen LogP contribution in [0.25, 0.3) is 11.0 Å². The first kappa shape index (κ1) is 20.2. The Morgan fingerprint density at radius 3 is 2.45 bits per heavy atom. The summed E-state index contributed by atoms with van der Waals surface area (Å²) < 4.78 is 50.3. The first-order valence-corrected chi connectivity index (χ1v) is 8.40. The Morgan fingerprint density at radius 2 is 1.79 bits per heavy atom. The van der Waals surface area contributed by atoms with Crippen molar-refractivity contribution < 1.29 is 32.2 Å². The summed E-state index contributed by atoms with van der Waals surface area (Å²) >= 11 is 0. The number of ether oxygens (including phenoxy) is 2. The van der Waals surface area contributed by atoms with Gasteiger partial charge in [0.2, 0.25) is 5.82 Å². The van der Waals surface area contributed by atoms with Gasteiger partial charge in [0.05, 0.1) is 18.1 Å². The van der Waals surface area contributed by atoms with Gasteiger partial charge in [0.25, 0.3) is 5.91 Å². The Balaban J connectivity index is 1.64. The Kier molecular flexibility index (Phi) is 5.71. The molecule has 3 rings (SSSR count). The molecule has 0 bridgehead atoms. The van der Waals surface area contributed by atoms with Crippen LogP contribution in [0.5, 0.6) is 5.75 Å². The van der Waals surface area contributed by atoms with E-state index in [0.717, 1.165) is 4.57 Å². The number of fused-ring (bicyclic) bond motifs is 1. The number of hydrogen-bond acceptors (Lipinski definition) is 5. The Hall–Kier alpha value is -3.56. The van der Waals surface area contributed by atoms with Crippen molar-refractivity contribution in [2.24, 2.45) is 0 Å². The number of nitrogens with one attached hydrogen (secondary N) is 1. The number of amides is 1. The Morgan fingerprint density at radius 1 is 1.10 bits per heavy atom. The highest BCUT2D eigenvalue weighted by Gasteiger charge is 2.38. The normalized spacial score (nSPS) is 11.3. The van der Waals surface area contributed by atoms with E-state index in [1.165, 1.54) is 25.3 Å². The fourth-order valence-corrected chi connectivity index (χ4v) is 2.64. The number of hydrogen-bond donors (Lipinski definition) is 1. The maximum absolute atomic E-state index is 13.2. The Bertz CT molecular complexity index is 1030. The Labute approximate surface area is 163 Å². The van der Waals surface area contributed by atoms with Gasteiger partial charge in [0.15, 0.2) is 6.61 Å². The number of carbonyl (C=O) groups is 2. The summed E-state index contributed by atoms with van der Waals surface area (Å²) in [6, 6.07) is 12.3. The number of halogens is 3. The van der Waals surface area contributed by atoms with Crippen LogP contribution in [0.3, 0.4) is 0 Å². The topological polar surface area (TPSA) is 82.5 Å². The molecule has 0 radical (unpaired) electrons. The molecule has 0 fully saturated rings. The van der Waals surface area contributed by atoms with Crippen LogP contribution < -0.4 is 10.1 Å². The van der Waals surface area contributed by atoms with Crippen molar-refractivity contribution >= 4 is 28.6 Å². The van der Waals surface area contributed by atoms with E-state index < -0.39 is 37.0 Å². The van der Waals surface area contributed by atoms with Gasteiger partial charge in [-0.05, 0) is 36.4 Å². The maximum atomic E-state index is 13.2. The van der Waals surface area contributed by atoms with E-state index in [1.54, 1.807) is 30.3 Å². The van der Waals surface area contributed by atoms with Gasteiger partial charge in [-0.2, -0.15) is 13.2 Å². The van der Waals surface area contributed by atoms with Crippen molar-refractivity contribution in [1.82, 2.24) is 9.55 Å². The van der Waals surface area contributed by atoms with Crippen LogP contribution in [-0.4, -0.2) is 35.1 Å². The number of anilines is 1. The molecule has 0 aliphatic carbocycles. The summed E-state index contributed by atoms with van der Waals surface area (Å²) in [7, 11) is 1.50. The third kappa shape index (κ3) is 4.84. The van der Waals surface area contributed by atoms with E-state index in [-0.39, 0.29) is 11.0 Å². The number of methoxy groups -OCH3 is 1. The lowest BCUT2D eigenvalue weighted by molar-refractivity contribution is -0.152. The maximum Gasteiger partial charge on any atom is 0.449 e. The zero-order valence-electron chi connectivity index (χ0n) is 15.2. The molecule has 1 N–H and O–H groups in total. The quantitative estimate of drug-likeness (QED) is 0.635. The van der Waals surface area contributed by atoms with Gasteiger partial charge < -0.3 is 19.4 Å². The molecule has 10 heteroatoms. The first-order chi connectivity index (χ1) is 13.8. The molecule has 29 heavy (non-hydrogen) atoms. The summed E-state index contributed by atoms with van der Waals surface area (Å²) in [5, 5.41) is 2.50. The van der Waals surface area contributed by atoms with E-state index in [4.69, 9.17) is 9.47 Å². The van der Waals surface area contributed by atoms with Crippen LogP contribution in [0.2, 0.25) is 0 Å². The molecule has 1 aromatic heterocycles. The van der Waals surface area contributed by atoms with Crippen LogP contribution in [0.15, 0.2) is 48.5 Å². The number of alkyl halides is 3. The lowest BCUT2D eigenvalue weighted by atomic mass is 10.3. The standard InChI is InChI=1S/C19H16F3N3O4/c1-28-13-8-6-12(7-9-13)23-16(26)11-29-17(27)10-25-15-5-3-2-4-14(15)24-18(25)19(20,21)22/h2-9H,10-11H2,1H3,(H,23,26). The van der Waals surface area contributed by atoms with E-state index in [2.05, 4.69) is 10.3 Å². The molecule has 1 amide bonds. The summed E-state index contributed by atoms with van der Waals surface area (Å²) in [5.41, 5.74) is 0.691. The number of carbonyl (C=O) groups excluding carboxylic acids is 2. The molecule has 0 atom stereocenters. The molecule has 0 aliphatic rings. The molecule has 0 saturated carbocycles. The van der Waals surface area contributed by atoms with Crippen molar-refractivity contribution in [3.8, 4) is 5.75 Å². The smallest absolute Gasteiger partial charge is 0.449 e. The van der Waals surface area contributed by atoms with Gasteiger partial charge in [0.1, 0.15) is 12.3 Å². The number of aromatic nitrogens is 2. The number of benzene rings is 2. The van der Waals surface area contributed by atoms with Crippen LogP contribution in [0.1, 0.15) is 5.82 Å². The van der Waals surface area contributed by atoms with Crippen molar-refractivity contribution in [3.63, 3.8) is 0 Å². The van der Waals surface area contributed by atoms with Gasteiger partial charge in [-0.1, -0.05) is 12.1 Å². The molecule has 0 saturated heterocycles. The monoisotopic (exact) mass is 407 g/mol. The first-order valence-electron chi connectivity index (χ1n) is 8.40. The summed E-state index contributed by atoms with van der Waals surface area (Å²) in [6.45, 7) is -1.37. The van der Waals surface area contributed by atoms with Gasteiger partial charge in [-0.25, -0.2) is 4.98 Å². The van der Waals surface area contributed by atoms with E-state index in [9.17, 15) is 22.8 Å². The summed E-state index contributed by atoms with van der Waals surface area (Å²) in [5.74, 6) is -2.24. The fraction of sp³-hybridized carbons (Fsp3) is 0.211. The number of imidazole rings is 1. The van der Waals surface area contributed by atoms with Crippen molar-refractivity contribution in [2.45, 2.75) is 12.7 Å². The predicted molar refractivity (Wildman–Crippen MR) is 97.3 cm³/mol. The minimum atomic E-state index is -4.74. The fourth-order valence-electron chi connectivity index (χ4n) is 2.64. The summed E-state index contributed by atoms with van der Waals surface area (Å²) in [4.78, 5) is 27.5. The molecule has 0 aliphatic heterocycles. The highest BCUT2D eigenvalue weighted by Crippen LogP contribution is 2.31. The molecule has 3 aromatic rings. The molecular formula is C19H16F3N3O4. The molecule has 7 nitrogen and oxygen atoms in total. The number of esters is 1. The van der Waals surface area contributed by atoms with Crippen molar-refractivity contribution in [3.05, 3.63) is 54.4 Å². The highest BCUT2D eigenvalue weighted by atomic mass is 19.4. The van der Waals surface area contributed by atoms with Crippen LogP contribution in [0.4, 0.5) is 18.9 Å². The average Bonchev–Trinajstić information content (AvgIpc) is 3.06. The molecule has 0 unspecified atom stereocenters. The second kappa shape index (κ2) is 8.21. The average molecular weight is 407 g/mol. The zero-order valence-corrected chi connectivity index (χ0v) is 15.2. The van der Waals surface area contributed by atoms with E-state index in [0.29, 0.717) is 11.4 Å². The zero-order chi connectivity index (χ0) is 21.0. The van der Waals surface area contributed by atoms with Gasteiger partial charge >= 0.3 is 12.1 Å². The number of nitrogens with zero attached hydrogens (tertiary/aromatic N) is 2. The van der Waals surface area contributed by atoms with Crippen molar-refractivity contribution in [2.75, 3.05) is 19.0 Å². The minimum Gasteiger partial charge on any atom is -0.497 e. The lowest BCUT2D eigenvalue weighted by Crippen LogP contribution is -2.24. The largest absolute Gasteiger partial charge is 0.497 e. The molecule has 2 aromatic carbocycles. The number of para-hydroxylation sites is 2. The molecule has 0 spiro atoms. The highest BCUT2D eigenvalue weighted by molar-refractivity contribution is 5.92. The van der Waals surface area contributed by atoms with Crippen LogP contribution in [0, 0.1) is 0 Å². The summed E-state index contributed by atoms with van der Waals surface area (Å²) in [6.07, 6.45) is -4.74.